The molecule has 2 atom stereocenters. The number of carbonyl (C=O) groups excluding carboxylic acids is 1. The minimum atomic E-state index is -1.58. The van der Waals surface area contributed by atoms with Crippen molar-refractivity contribution in [3.63, 3.8) is 0 Å². The van der Waals surface area contributed by atoms with Gasteiger partial charge in [-0.15, -0.1) is 0 Å². The molecular weight excluding hydrogens is 258 g/mol. The number of esters is 1. The van der Waals surface area contributed by atoms with Gasteiger partial charge in [0.2, 0.25) is 0 Å². The van der Waals surface area contributed by atoms with E-state index in [1.165, 1.54) is 0 Å². The van der Waals surface area contributed by atoms with E-state index in [2.05, 4.69) is 0 Å². The van der Waals surface area contributed by atoms with Crippen LogP contribution in [0.25, 0.3) is 10.9 Å². The Labute approximate surface area is 117 Å². The molecule has 2 aromatic rings. The van der Waals surface area contributed by atoms with Gasteiger partial charge in [-0.1, -0.05) is 18.2 Å². The van der Waals surface area contributed by atoms with Gasteiger partial charge in [0.25, 0.3) is 0 Å². The summed E-state index contributed by atoms with van der Waals surface area (Å²) in [5.41, 5.74) is 2.31. The second kappa shape index (κ2) is 5.64. The molecular formula is C15H19NO4. The highest BCUT2D eigenvalue weighted by Crippen LogP contribution is 2.31. The van der Waals surface area contributed by atoms with Crippen LogP contribution in [0.4, 0.5) is 0 Å². The van der Waals surface area contributed by atoms with Crippen molar-refractivity contribution in [3.05, 3.63) is 35.5 Å². The SMILES string of the molecule is CCOC(=O)C(O)C(O)c1c(C)n(C)c2ccccc12. The van der Waals surface area contributed by atoms with Crippen LogP contribution < -0.4 is 0 Å². The lowest BCUT2D eigenvalue weighted by atomic mass is 10.0. The van der Waals surface area contributed by atoms with Crippen molar-refractivity contribution in [1.82, 2.24) is 4.57 Å². The maximum Gasteiger partial charge on any atom is 0.338 e. The number of para-hydroxylation sites is 1. The van der Waals surface area contributed by atoms with E-state index in [1.807, 2.05) is 42.8 Å². The summed E-state index contributed by atoms with van der Waals surface area (Å²) in [5.74, 6) is -0.813. The summed E-state index contributed by atoms with van der Waals surface area (Å²) in [7, 11) is 1.88. The predicted molar refractivity (Wildman–Crippen MR) is 75.3 cm³/mol. The molecule has 1 aromatic carbocycles. The molecule has 2 N–H and O–H groups in total. The highest BCUT2D eigenvalue weighted by atomic mass is 16.5. The van der Waals surface area contributed by atoms with Gasteiger partial charge in [0.1, 0.15) is 6.10 Å². The number of aryl methyl sites for hydroxylation is 1. The highest BCUT2D eigenvalue weighted by molar-refractivity contribution is 5.87. The summed E-state index contributed by atoms with van der Waals surface area (Å²) >= 11 is 0. The molecule has 2 unspecified atom stereocenters. The Morgan fingerprint density at radius 3 is 2.65 bits per heavy atom. The lowest BCUT2D eigenvalue weighted by Gasteiger charge is -2.17. The summed E-state index contributed by atoms with van der Waals surface area (Å²) in [6, 6.07) is 7.54. The van der Waals surface area contributed by atoms with Crippen LogP contribution in [0.2, 0.25) is 0 Å². The number of hydrogen-bond acceptors (Lipinski definition) is 4. The van der Waals surface area contributed by atoms with Gasteiger partial charge in [-0.2, -0.15) is 0 Å². The molecule has 0 fully saturated rings. The van der Waals surface area contributed by atoms with Crippen LogP contribution in [0, 0.1) is 6.92 Å². The summed E-state index contributed by atoms with van der Waals surface area (Å²) in [5, 5.41) is 21.1. The highest BCUT2D eigenvalue weighted by Gasteiger charge is 2.30. The molecule has 0 aliphatic carbocycles. The van der Waals surface area contributed by atoms with Gasteiger partial charge >= 0.3 is 5.97 Å². The molecule has 0 bridgehead atoms. The van der Waals surface area contributed by atoms with E-state index in [0.29, 0.717) is 5.56 Å². The lowest BCUT2D eigenvalue weighted by Crippen LogP contribution is -2.30. The van der Waals surface area contributed by atoms with E-state index in [1.54, 1.807) is 6.92 Å². The smallest absolute Gasteiger partial charge is 0.338 e. The fourth-order valence-corrected chi connectivity index (χ4v) is 2.44. The summed E-state index contributed by atoms with van der Waals surface area (Å²) in [6.07, 6.45) is -2.89. The molecule has 0 radical (unpaired) electrons. The average molecular weight is 277 g/mol. The van der Waals surface area contributed by atoms with Crippen LogP contribution in [-0.4, -0.2) is 33.5 Å². The van der Waals surface area contributed by atoms with Crippen LogP contribution in [0.1, 0.15) is 24.3 Å². The predicted octanol–water partition coefficient (Wildman–Crippen LogP) is 1.44. The number of carbonyl (C=O) groups is 1. The van der Waals surface area contributed by atoms with Crippen molar-refractivity contribution >= 4 is 16.9 Å². The maximum absolute atomic E-state index is 11.6. The maximum atomic E-state index is 11.6. The zero-order chi connectivity index (χ0) is 14.9. The Hall–Kier alpha value is -1.85. The summed E-state index contributed by atoms with van der Waals surface area (Å²) < 4.78 is 6.67. The third kappa shape index (κ3) is 2.30. The molecule has 0 saturated carbocycles. The molecule has 5 heteroatoms. The number of nitrogens with zero attached hydrogens (tertiary/aromatic N) is 1. The van der Waals surface area contributed by atoms with Crippen molar-refractivity contribution in [3.8, 4) is 0 Å². The summed E-state index contributed by atoms with van der Waals surface area (Å²) in [6.45, 7) is 3.66. The fourth-order valence-electron chi connectivity index (χ4n) is 2.44. The van der Waals surface area contributed by atoms with E-state index < -0.39 is 18.2 Å². The van der Waals surface area contributed by atoms with Crippen LogP contribution >= 0.6 is 0 Å². The van der Waals surface area contributed by atoms with E-state index in [0.717, 1.165) is 16.6 Å². The van der Waals surface area contributed by atoms with E-state index in [9.17, 15) is 15.0 Å². The van der Waals surface area contributed by atoms with Gasteiger partial charge in [0.15, 0.2) is 6.10 Å². The van der Waals surface area contributed by atoms with Gasteiger partial charge in [0, 0.05) is 29.2 Å². The van der Waals surface area contributed by atoms with Gasteiger partial charge in [-0.25, -0.2) is 4.79 Å². The first kappa shape index (κ1) is 14.6. The number of fused-ring (bicyclic) bond motifs is 1. The molecule has 0 amide bonds. The monoisotopic (exact) mass is 277 g/mol. The standard InChI is InChI=1S/C15H19NO4/c1-4-20-15(19)14(18)13(17)12-9(2)16(3)11-8-6-5-7-10(11)12/h5-8,13-14,17-18H,4H2,1-3H3. The Kier molecular flexibility index (Phi) is 4.11. The molecule has 2 rings (SSSR count). The van der Waals surface area contributed by atoms with Crippen molar-refractivity contribution in [1.29, 1.82) is 0 Å². The minimum absolute atomic E-state index is 0.164. The molecule has 108 valence electrons. The third-order valence-electron chi connectivity index (χ3n) is 3.57. The summed E-state index contributed by atoms with van der Waals surface area (Å²) in [4.78, 5) is 11.6. The Morgan fingerprint density at radius 1 is 1.35 bits per heavy atom. The second-order valence-corrected chi connectivity index (χ2v) is 4.72. The third-order valence-corrected chi connectivity index (χ3v) is 3.57. The molecule has 1 heterocycles. The average Bonchev–Trinajstić information content (AvgIpc) is 2.70. The van der Waals surface area contributed by atoms with Crippen LogP contribution in [0.15, 0.2) is 24.3 Å². The first-order valence-corrected chi connectivity index (χ1v) is 6.55. The van der Waals surface area contributed by atoms with Crippen molar-refractivity contribution in [2.45, 2.75) is 26.1 Å². The van der Waals surface area contributed by atoms with Crippen LogP contribution in [0.5, 0.6) is 0 Å². The van der Waals surface area contributed by atoms with Gasteiger partial charge in [-0.05, 0) is 19.9 Å². The number of benzene rings is 1. The second-order valence-electron chi connectivity index (χ2n) is 4.72. The van der Waals surface area contributed by atoms with E-state index >= 15 is 0 Å². The molecule has 0 aliphatic heterocycles. The molecule has 0 spiro atoms. The Morgan fingerprint density at radius 2 is 2.00 bits per heavy atom. The largest absolute Gasteiger partial charge is 0.464 e. The fraction of sp³-hybridized carbons (Fsp3) is 0.400. The molecule has 5 nitrogen and oxygen atoms in total. The molecule has 20 heavy (non-hydrogen) atoms. The van der Waals surface area contributed by atoms with E-state index in [-0.39, 0.29) is 6.61 Å². The number of hydrogen-bond donors (Lipinski definition) is 2. The van der Waals surface area contributed by atoms with Crippen molar-refractivity contribution in [2.75, 3.05) is 6.61 Å². The zero-order valence-electron chi connectivity index (χ0n) is 11.8. The number of ether oxygens (including phenoxy) is 1. The van der Waals surface area contributed by atoms with Crippen molar-refractivity contribution in [2.24, 2.45) is 7.05 Å². The quantitative estimate of drug-likeness (QED) is 0.830. The first-order valence-electron chi connectivity index (χ1n) is 6.55. The first-order chi connectivity index (χ1) is 9.49. The lowest BCUT2D eigenvalue weighted by molar-refractivity contribution is -0.159. The Bertz CT molecular complexity index is 632. The Balaban J connectivity index is 2.47. The zero-order valence-corrected chi connectivity index (χ0v) is 11.8. The number of aliphatic hydroxyl groups is 2. The van der Waals surface area contributed by atoms with Crippen molar-refractivity contribution < 1.29 is 19.7 Å². The number of aromatic nitrogens is 1. The number of rotatable bonds is 4. The topological polar surface area (TPSA) is 71.7 Å². The molecule has 0 aliphatic rings. The van der Waals surface area contributed by atoms with Gasteiger partial charge < -0.3 is 19.5 Å². The van der Waals surface area contributed by atoms with E-state index in [4.69, 9.17) is 4.74 Å². The van der Waals surface area contributed by atoms with Gasteiger partial charge in [0.05, 0.1) is 6.61 Å². The normalized spacial score (nSPS) is 14.2. The minimum Gasteiger partial charge on any atom is -0.464 e. The number of aliphatic hydroxyl groups excluding tert-OH is 2. The van der Waals surface area contributed by atoms with Crippen LogP contribution in [0.3, 0.4) is 0 Å². The molecule has 1 aromatic heterocycles. The van der Waals surface area contributed by atoms with Gasteiger partial charge in [-0.3, -0.25) is 0 Å². The molecule has 0 saturated heterocycles. The van der Waals surface area contributed by atoms with Crippen LogP contribution in [-0.2, 0) is 16.6 Å².